The molecule has 1 aliphatic rings. The maximum absolute atomic E-state index is 14.4. The first-order valence-corrected chi connectivity index (χ1v) is 10.4. The number of hydrogen-bond donors (Lipinski definition) is 1. The number of thioether (sulfide) groups is 1. The molecule has 8 heteroatoms. The molecule has 0 unspecified atom stereocenters. The zero-order chi connectivity index (χ0) is 20.2. The van der Waals surface area contributed by atoms with Crippen LogP contribution < -0.4 is 10.9 Å². The van der Waals surface area contributed by atoms with Crippen molar-refractivity contribution >= 4 is 28.6 Å². The lowest BCUT2D eigenvalue weighted by molar-refractivity contribution is -0.119. The molecule has 150 valence electrons. The van der Waals surface area contributed by atoms with Crippen LogP contribution >= 0.6 is 11.8 Å². The Morgan fingerprint density at radius 1 is 1.24 bits per heavy atom. The largest absolute Gasteiger partial charge is 0.376 e. The predicted molar refractivity (Wildman–Crippen MR) is 110 cm³/mol. The smallest absolute Gasteiger partial charge is 0.266 e. The van der Waals surface area contributed by atoms with Crippen LogP contribution in [0.5, 0.6) is 0 Å². The highest BCUT2D eigenvalue weighted by Gasteiger charge is 2.19. The van der Waals surface area contributed by atoms with Crippen molar-refractivity contribution in [2.24, 2.45) is 0 Å². The molecule has 1 fully saturated rings. The van der Waals surface area contributed by atoms with Gasteiger partial charge in [0.2, 0.25) is 5.91 Å². The maximum atomic E-state index is 14.4. The van der Waals surface area contributed by atoms with Gasteiger partial charge in [0.25, 0.3) is 5.56 Å². The quantitative estimate of drug-likeness (QED) is 0.497. The minimum atomic E-state index is -0.531. The van der Waals surface area contributed by atoms with Crippen LogP contribution in [0.2, 0.25) is 0 Å². The molecule has 2 heterocycles. The van der Waals surface area contributed by atoms with Gasteiger partial charge in [0, 0.05) is 13.2 Å². The molecular formula is C21H20FN3O3S. The highest BCUT2D eigenvalue weighted by molar-refractivity contribution is 7.99. The van der Waals surface area contributed by atoms with Crippen molar-refractivity contribution in [3.05, 3.63) is 64.7 Å². The minimum Gasteiger partial charge on any atom is -0.376 e. The topological polar surface area (TPSA) is 73.2 Å². The Morgan fingerprint density at radius 2 is 2.03 bits per heavy atom. The number of aromatic nitrogens is 2. The highest BCUT2D eigenvalue weighted by atomic mass is 32.2. The summed E-state index contributed by atoms with van der Waals surface area (Å²) in [6.07, 6.45) is 2.00. The van der Waals surface area contributed by atoms with Crippen molar-refractivity contribution in [3.8, 4) is 5.69 Å². The Bertz CT molecular complexity index is 1100. The summed E-state index contributed by atoms with van der Waals surface area (Å²) >= 11 is 1.10. The number of nitrogens with zero attached hydrogens (tertiary/aromatic N) is 2. The molecular weight excluding hydrogens is 393 g/mol. The highest BCUT2D eigenvalue weighted by Crippen LogP contribution is 2.22. The molecule has 1 atom stereocenters. The Morgan fingerprint density at radius 3 is 2.83 bits per heavy atom. The van der Waals surface area contributed by atoms with E-state index >= 15 is 0 Å². The Labute approximate surface area is 171 Å². The van der Waals surface area contributed by atoms with Crippen molar-refractivity contribution in [2.75, 3.05) is 18.9 Å². The third-order valence-corrected chi connectivity index (χ3v) is 5.66. The number of amides is 1. The van der Waals surface area contributed by atoms with E-state index in [1.165, 1.54) is 16.7 Å². The summed E-state index contributed by atoms with van der Waals surface area (Å²) in [5.41, 5.74) is 0.244. The zero-order valence-corrected chi connectivity index (χ0v) is 16.5. The number of ether oxygens (including phenoxy) is 1. The Balaban J connectivity index is 1.62. The van der Waals surface area contributed by atoms with E-state index in [1.807, 2.05) is 0 Å². The van der Waals surface area contributed by atoms with Gasteiger partial charge in [-0.25, -0.2) is 9.37 Å². The van der Waals surface area contributed by atoms with Gasteiger partial charge >= 0.3 is 0 Å². The van der Waals surface area contributed by atoms with Gasteiger partial charge in [0.05, 0.1) is 28.4 Å². The number of para-hydroxylation sites is 2. The van der Waals surface area contributed by atoms with Gasteiger partial charge in [0.1, 0.15) is 5.82 Å². The average molecular weight is 413 g/mol. The molecule has 2 aromatic carbocycles. The van der Waals surface area contributed by atoms with Crippen molar-refractivity contribution in [1.29, 1.82) is 0 Å². The maximum Gasteiger partial charge on any atom is 0.266 e. The van der Waals surface area contributed by atoms with Gasteiger partial charge in [-0.05, 0) is 37.1 Å². The number of hydrogen-bond acceptors (Lipinski definition) is 5. The van der Waals surface area contributed by atoms with Crippen LogP contribution in [0.1, 0.15) is 12.8 Å². The third kappa shape index (κ3) is 4.33. The third-order valence-electron chi connectivity index (χ3n) is 4.72. The summed E-state index contributed by atoms with van der Waals surface area (Å²) in [5, 5.41) is 3.50. The lowest BCUT2D eigenvalue weighted by atomic mass is 10.2. The van der Waals surface area contributed by atoms with Gasteiger partial charge in [-0.1, -0.05) is 36.0 Å². The van der Waals surface area contributed by atoms with Gasteiger partial charge in [-0.2, -0.15) is 0 Å². The summed E-state index contributed by atoms with van der Waals surface area (Å²) in [5.74, 6) is -0.657. The van der Waals surface area contributed by atoms with E-state index in [1.54, 1.807) is 36.4 Å². The van der Waals surface area contributed by atoms with Crippen LogP contribution in [0.15, 0.2) is 58.5 Å². The van der Waals surface area contributed by atoms with Crippen LogP contribution in [0.3, 0.4) is 0 Å². The lowest BCUT2D eigenvalue weighted by Crippen LogP contribution is -2.33. The number of fused-ring (bicyclic) bond motifs is 1. The van der Waals surface area contributed by atoms with Gasteiger partial charge in [0.15, 0.2) is 5.16 Å². The summed E-state index contributed by atoms with van der Waals surface area (Å²) in [6, 6.07) is 12.9. The second-order valence-corrected chi connectivity index (χ2v) is 7.67. The molecule has 0 saturated carbocycles. The first kappa shape index (κ1) is 19.6. The fraction of sp³-hybridized carbons (Fsp3) is 0.286. The van der Waals surface area contributed by atoms with Crippen molar-refractivity contribution < 1.29 is 13.9 Å². The second kappa shape index (κ2) is 8.75. The molecule has 0 spiro atoms. The summed E-state index contributed by atoms with van der Waals surface area (Å²) in [7, 11) is 0. The van der Waals surface area contributed by atoms with Crippen LogP contribution in [-0.4, -0.2) is 40.5 Å². The molecule has 0 bridgehead atoms. The minimum absolute atomic E-state index is 0.0549. The van der Waals surface area contributed by atoms with E-state index in [0.29, 0.717) is 17.4 Å². The lowest BCUT2D eigenvalue weighted by Gasteiger charge is -2.14. The molecule has 1 N–H and O–H groups in total. The Kier molecular flexibility index (Phi) is 5.92. The van der Waals surface area contributed by atoms with E-state index in [9.17, 15) is 14.0 Å². The number of halogens is 1. The van der Waals surface area contributed by atoms with E-state index in [4.69, 9.17) is 4.74 Å². The fourth-order valence-electron chi connectivity index (χ4n) is 3.27. The summed E-state index contributed by atoms with van der Waals surface area (Å²) in [6.45, 7) is 1.19. The molecule has 0 radical (unpaired) electrons. The normalized spacial score (nSPS) is 16.2. The standard InChI is InChI=1S/C21H20FN3O3S/c22-16-8-2-4-10-18(16)25-20(27)15-7-1-3-9-17(15)24-21(25)29-13-19(26)23-12-14-6-5-11-28-14/h1-4,7-10,14H,5-6,11-13H2,(H,23,26)/t14-/m1/s1. The fourth-order valence-corrected chi connectivity index (χ4v) is 4.10. The SMILES string of the molecule is O=C(CSc1nc2ccccc2c(=O)n1-c1ccccc1F)NC[C@H]1CCCO1. The number of rotatable bonds is 6. The van der Waals surface area contributed by atoms with Gasteiger partial charge in [-0.15, -0.1) is 0 Å². The van der Waals surface area contributed by atoms with Crippen LogP contribution in [0, 0.1) is 5.82 Å². The van der Waals surface area contributed by atoms with Crippen molar-refractivity contribution in [3.63, 3.8) is 0 Å². The predicted octanol–water partition coefficient (Wildman–Crippen LogP) is 2.91. The van der Waals surface area contributed by atoms with Crippen molar-refractivity contribution in [2.45, 2.75) is 24.1 Å². The molecule has 1 saturated heterocycles. The molecule has 4 rings (SSSR count). The number of carbonyl (C=O) groups excluding carboxylic acids is 1. The van der Waals surface area contributed by atoms with Crippen LogP contribution in [-0.2, 0) is 9.53 Å². The van der Waals surface area contributed by atoms with Gasteiger partial charge < -0.3 is 10.1 Å². The number of benzene rings is 2. The molecule has 6 nitrogen and oxygen atoms in total. The van der Waals surface area contributed by atoms with E-state index in [0.717, 1.165) is 31.2 Å². The molecule has 29 heavy (non-hydrogen) atoms. The van der Waals surface area contributed by atoms with Crippen LogP contribution in [0.4, 0.5) is 4.39 Å². The van der Waals surface area contributed by atoms with E-state index in [2.05, 4.69) is 10.3 Å². The summed E-state index contributed by atoms with van der Waals surface area (Å²) in [4.78, 5) is 29.8. The molecule has 0 aliphatic carbocycles. The first-order chi connectivity index (χ1) is 14.1. The van der Waals surface area contributed by atoms with E-state index < -0.39 is 5.82 Å². The molecule has 1 aromatic heterocycles. The van der Waals surface area contributed by atoms with Crippen molar-refractivity contribution in [1.82, 2.24) is 14.9 Å². The Hall–Kier alpha value is -2.71. The molecule has 1 amide bonds. The average Bonchev–Trinajstić information content (AvgIpc) is 3.25. The first-order valence-electron chi connectivity index (χ1n) is 9.41. The van der Waals surface area contributed by atoms with Gasteiger partial charge in [-0.3, -0.25) is 14.2 Å². The van der Waals surface area contributed by atoms with Crippen LogP contribution in [0.25, 0.3) is 16.6 Å². The number of carbonyl (C=O) groups is 1. The monoisotopic (exact) mass is 413 g/mol. The zero-order valence-electron chi connectivity index (χ0n) is 15.6. The summed E-state index contributed by atoms with van der Waals surface area (Å²) < 4.78 is 21.2. The number of nitrogens with one attached hydrogen (secondary N) is 1. The molecule has 3 aromatic rings. The van der Waals surface area contributed by atoms with E-state index in [-0.39, 0.29) is 34.2 Å². The molecule has 1 aliphatic heterocycles. The second-order valence-electron chi connectivity index (χ2n) is 6.73.